The molecule has 20 heavy (non-hydrogen) atoms. The molecule has 0 radical (unpaired) electrons. The first-order chi connectivity index (χ1) is 9.52. The van der Waals surface area contributed by atoms with Crippen LogP contribution < -0.4 is 4.74 Å². The van der Waals surface area contributed by atoms with Crippen molar-refractivity contribution >= 4 is 33.3 Å². The Kier molecular flexibility index (Phi) is 3.52. The van der Waals surface area contributed by atoms with Gasteiger partial charge in [-0.05, 0) is 42.0 Å². The lowest BCUT2D eigenvalue weighted by atomic mass is 9.96. The van der Waals surface area contributed by atoms with E-state index in [0.717, 1.165) is 4.47 Å². The highest BCUT2D eigenvalue weighted by Gasteiger charge is 2.28. The normalized spacial score (nSPS) is 17.6. The van der Waals surface area contributed by atoms with Gasteiger partial charge in [0.2, 0.25) is 0 Å². The fourth-order valence-corrected chi connectivity index (χ4v) is 2.81. The summed E-state index contributed by atoms with van der Waals surface area (Å²) in [6.07, 6.45) is -0.341. The van der Waals surface area contributed by atoms with Gasteiger partial charge < -0.3 is 4.74 Å². The number of halogens is 3. The van der Waals surface area contributed by atoms with Gasteiger partial charge in [0.25, 0.3) is 0 Å². The molecule has 0 bridgehead atoms. The van der Waals surface area contributed by atoms with Crippen molar-refractivity contribution in [3.05, 3.63) is 62.8 Å². The van der Waals surface area contributed by atoms with Crippen LogP contribution in [0.1, 0.15) is 28.4 Å². The van der Waals surface area contributed by atoms with Crippen LogP contribution in [0.5, 0.6) is 5.75 Å². The second kappa shape index (κ2) is 5.19. The molecule has 0 saturated heterocycles. The van der Waals surface area contributed by atoms with Gasteiger partial charge in [0.05, 0.1) is 12.0 Å². The van der Waals surface area contributed by atoms with E-state index in [4.69, 9.17) is 16.3 Å². The Morgan fingerprint density at radius 2 is 2.05 bits per heavy atom. The number of rotatable bonds is 1. The molecule has 0 aromatic heterocycles. The predicted molar refractivity (Wildman–Crippen MR) is 77.9 cm³/mol. The van der Waals surface area contributed by atoms with E-state index in [0.29, 0.717) is 16.9 Å². The highest BCUT2D eigenvalue weighted by molar-refractivity contribution is 9.10. The number of ketones is 1. The molecule has 0 spiro atoms. The molecule has 0 aliphatic carbocycles. The van der Waals surface area contributed by atoms with Crippen LogP contribution in [0.2, 0.25) is 5.02 Å². The third-order valence-electron chi connectivity index (χ3n) is 3.14. The second-order valence-corrected chi connectivity index (χ2v) is 5.93. The lowest BCUT2D eigenvalue weighted by Crippen LogP contribution is -2.20. The van der Waals surface area contributed by atoms with Crippen molar-refractivity contribution in [3.63, 3.8) is 0 Å². The maximum atomic E-state index is 13.4. The summed E-state index contributed by atoms with van der Waals surface area (Å²) in [6, 6.07) is 9.43. The third-order valence-corrected chi connectivity index (χ3v) is 3.85. The Bertz CT molecular complexity index is 682. The van der Waals surface area contributed by atoms with E-state index in [1.54, 1.807) is 24.3 Å². The van der Waals surface area contributed by atoms with Crippen LogP contribution in [0.3, 0.4) is 0 Å². The zero-order valence-corrected chi connectivity index (χ0v) is 12.5. The fourth-order valence-electron chi connectivity index (χ4n) is 2.24. The average molecular weight is 356 g/mol. The van der Waals surface area contributed by atoms with Crippen LogP contribution in [0.25, 0.3) is 0 Å². The highest BCUT2D eigenvalue weighted by atomic mass is 79.9. The summed E-state index contributed by atoms with van der Waals surface area (Å²) >= 11 is 9.18. The standard InChI is InChI=1S/C15H9BrClFO2/c16-9-1-2-12-13(19)7-14(20-15(12)5-9)8-3-10(17)6-11(18)4-8/h1-6,14H,7H2. The van der Waals surface area contributed by atoms with E-state index in [2.05, 4.69) is 15.9 Å². The molecule has 5 heteroatoms. The summed E-state index contributed by atoms with van der Waals surface area (Å²) in [6.45, 7) is 0. The van der Waals surface area contributed by atoms with Crippen LogP contribution in [0.4, 0.5) is 4.39 Å². The van der Waals surface area contributed by atoms with Gasteiger partial charge in [-0.15, -0.1) is 0 Å². The first-order valence-electron chi connectivity index (χ1n) is 5.98. The van der Waals surface area contributed by atoms with Gasteiger partial charge in [0.15, 0.2) is 5.78 Å². The molecule has 2 aromatic carbocycles. The Labute approximate surface area is 128 Å². The van der Waals surface area contributed by atoms with Crippen LogP contribution >= 0.6 is 27.5 Å². The Hall–Kier alpha value is -1.39. The SMILES string of the molecule is O=C1CC(c2cc(F)cc(Cl)c2)Oc2cc(Br)ccc21. The third kappa shape index (κ3) is 2.58. The minimum Gasteiger partial charge on any atom is -0.484 e. The van der Waals surface area contributed by atoms with Gasteiger partial charge in [-0.1, -0.05) is 27.5 Å². The van der Waals surface area contributed by atoms with Crippen molar-refractivity contribution in [2.24, 2.45) is 0 Å². The first kappa shape index (κ1) is 13.6. The molecule has 102 valence electrons. The van der Waals surface area contributed by atoms with E-state index in [-0.39, 0.29) is 17.2 Å². The van der Waals surface area contributed by atoms with Crippen molar-refractivity contribution in [1.29, 1.82) is 0 Å². The van der Waals surface area contributed by atoms with Crippen LogP contribution in [0.15, 0.2) is 40.9 Å². The van der Waals surface area contributed by atoms with Gasteiger partial charge in [-0.3, -0.25) is 4.79 Å². The van der Waals surface area contributed by atoms with Crippen LogP contribution in [-0.4, -0.2) is 5.78 Å². The molecular formula is C15H9BrClFO2. The van der Waals surface area contributed by atoms with E-state index in [1.165, 1.54) is 12.1 Å². The second-order valence-electron chi connectivity index (χ2n) is 4.58. The van der Waals surface area contributed by atoms with Gasteiger partial charge in [0.1, 0.15) is 17.7 Å². The molecule has 1 unspecified atom stereocenters. The average Bonchev–Trinajstić information content (AvgIpc) is 2.36. The highest BCUT2D eigenvalue weighted by Crippen LogP contribution is 2.37. The van der Waals surface area contributed by atoms with Gasteiger partial charge in [0, 0.05) is 9.50 Å². The van der Waals surface area contributed by atoms with Gasteiger partial charge in [-0.25, -0.2) is 4.39 Å². The summed E-state index contributed by atoms with van der Waals surface area (Å²) in [4.78, 5) is 12.1. The largest absolute Gasteiger partial charge is 0.484 e. The van der Waals surface area contributed by atoms with Gasteiger partial charge in [-0.2, -0.15) is 0 Å². The Morgan fingerprint density at radius 3 is 2.80 bits per heavy atom. The Balaban J connectivity index is 2.00. The van der Waals surface area contributed by atoms with Crippen molar-refractivity contribution in [2.45, 2.75) is 12.5 Å². The van der Waals surface area contributed by atoms with Crippen molar-refractivity contribution in [2.75, 3.05) is 0 Å². The molecule has 0 amide bonds. The molecule has 2 aromatic rings. The molecule has 0 N–H and O–H groups in total. The number of benzene rings is 2. The molecule has 0 saturated carbocycles. The zero-order valence-electron chi connectivity index (χ0n) is 10.2. The van der Waals surface area contributed by atoms with E-state index in [9.17, 15) is 9.18 Å². The summed E-state index contributed by atoms with van der Waals surface area (Å²) in [5.41, 5.74) is 1.11. The molecule has 1 atom stereocenters. The Morgan fingerprint density at radius 1 is 1.25 bits per heavy atom. The monoisotopic (exact) mass is 354 g/mol. The molecule has 2 nitrogen and oxygen atoms in total. The molecule has 0 fully saturated rings. The summed E-state index contributed by atoms with van der Waals surface area (Å²) < 4.78 is 20.0. The van der Waals surface area contributed by atoms with Gasteiger partial charge >= 0.3 is 0 Å². The number of Topliss-reactive ketones (excluding diaryl/α,β-unsaturated/α-hetero) is 1. The quantitative estimate of drug-likeness (QED) is 0.723. The number of carbonyl (C=O) groups excluding carboxylic acids is 1. The minimum atomic E-state index is -0.516. The van der Waals surface area contributed by atoms with Crippen molar-refractivity contribution in [3.8, 4) is 5.75 Å². The van der Waals surface area contributed by atoms with Crippen LogP contribution in [-0.2, 0) is 0 Å². The number of carbonyl (C=O) groups is 1. The number of fused-ring (bicyclic) bond motifs is 1. The molecule has 3 rings (SSSR count). The maximum Gasteiger partial charge on any atom is 0.170 e. The van der Waals surface area contributed by atoms with Crippen LogP contribution in [0, 0.1) is 5.82 Å². The van der Waals surface area contributed by atoms with E-state index in [1.807, 2.05) is 0 Å². The molecule has 1 aliphatic rings. The number of hydrogen-bond acceptors (Lipinski definition) is 2. The fraction of sp³-hybridized carbons (Fsp3) is 0.133. The smallest absolute Gasteiger partial charge is 0.170 e. The zero-order chi connectivity index (χ0) is 14.3. The lowest BCUT2D eigenvalue weighted by Gasteiger charge is -2.25. The predicted octanol–water partition coefficient (Wildman–Crippen LogP) is 4.95. The molecular weight excluding hydrogens is 347 g/mol. The number of ether oxygens (including phenoxy) is 1. The topological polar surface area (TPSA) is 26.3 Å². The number of hydrogen-bond donors (Lipinski definition) is 0. The summed E-state index contributed by atoms with van der Waals surface area (Å²) in [7, 11) is 0. The minimum absolute atomic E-state index is 0.0240. The maximum absolute atomic E-state index is 13.4. The lowest BCUT2D eigenvalue weighted by molar-refractivity contribution is 0.0849. The summed E-state index contributed by atoms with van der Waals surface area (Å²) in [5.74, 6) is 0.0359. The van der Waals surface area contributed by atoms with Crippen molar-refractivity contribution < 1.29 is 13.9 Å². The van der Waals surface area contributed by atoms with E-state index < -0.39 is 11.9 Å². The first-order valence-corrected chi connectivity index (χ1v) is 7.15. The molecule has 1 aliphatic heterocycles. The molecule has 1 heterocycles. The summed E-state index contributed by atoms with van der Waals surface area (Å²) in [5, 5.41) is 0.288. The van der Waals surface area contributed by atoms with E-state index >= 15 is 0 Å². The van der Waals surface area contributed by atoms with Crippen molar-refractivity contribution in [1.82, 2.24) is 0 Å².